The van der Waals surface area contributed by atoms with Crippen LogP contribution in [0.15, 0.2) is 66.9 Å². The van der Waals surface area contributed by atoms with E-state index in [1.165, 1.54) is 0 Å². The molecule has 0 aliphatic carbocycles. The van der Waals surface area contributed by atoms with Crippen LogP contribution >= 0.6 is 0 Å². The van der Waals surface area contributed by atoms with E-state index < -0.39 is 23.6 Å². The molecule has 0 radical (unpaired) electrons. The molecule has 0 saturated heterocycles. The smallest absolute Gasteiger partial charge is 0.407 e. The summed E-state index contributed by atoms with van der Waals surface area (Å²) in [5.41, 5.74) is 2.27. The van der Waals surface area contributed by atoms with Gasteiger partial charge in [0.15, 0.2) is 0 Å². The number of nitrogens with zero attached hydrogens (tertiary/aromatic N) is 2. The molecule has 8 heteroatoms. The van der Waals surface area contributed by atoms with E-state index in [1.54, 1.807) is 6.20 Å². The lowest BCUT2D eigenvalue weighted by atomic mass is 10.0. The first kappa shape index (κ1) is 27.9. The molecule has 1 heterocycles. The number of amides is 1. The van der Waals surface area contributed by atoms with Crippen molar-refractivity contribution in [3.05, 3.63) is 78.2 Å². The molecule has 2 N–H and O–H groups in total. The van der Waals surface area contributed by atoms with Crippen LogP contribution in [0.4, 0.5) is 4.79 Å². The molecule has 198 valence electrons. The first-order valence-electron chi connectivity index (χ1n) is 12.7. The molecule has 37 heavy (non-hydrogen) atoms. The van der Waals surface area contributed by atoms with Crippen LogP contribution in [-0.4, -0.2) is 38.9 Å². The third kappa shape index (κ3) is 9.06. The van der Waals surface area contributed by atoms with Crippen LogP contribution in [-0.2, 0) is 27.6 Å². The van der Waals surface area contributed by atoms with Crippen LogP contribution in [0, 0.1) is 0 Å². The highest BCUT2D eigenvalue weighted by Crippen LogP contribution is 2.28. The highest BCUT2D eigenvalue weighted by Gasteiger charge is 2.26. The quantitative estimate of drug-likeness (QED) is 0.276. The van der Waals surface area contributed by atoms with Crippen molar-refractivity contribution in [1.82, 2.24) is 14.9 Å². The zero-order chi connectivity index (χ0) is 26.7. The number of aromatic nitrogens is 2. The van der Waals surface area contributed by atoms with Gasteiger partial charge >= 0.3 is 12.1 Å². The average Bonchev–Trinajstić information content (AvgIpc) is 3.26. The van der Waals surface area contributed by atoms with Gasteiger partial charge in [-0.2, -0.15) is 0 Å². The maximum atomic E-state index is 12.3. The van der Waals surface area contributed by atoms with Crippen LogP contribution in [0.5, 0.6) is 0 Å². The molecule has 0 aliphatic rings. The highest BCUT2D eigenvalue weighted by atomic mass is 16.6. The Morgan fingerprint density at radius 1 is 1.00 bits per heavy atom. The Balaban J connectivity index is 1.64. The number of alkyl carbamates (subject to hydrolysis) is 1. The van der Waals surface area contributed by atoms with E-state index in [0.717, 1.165) is 29.7 Å². The Bertz CT molecular complexity index is 1120. The molecular formula is C29H37N3O5. The number of nitrogens with one attached hydrogen (secondary N) is 1. The SMILES string of the molecule is CC(C)(C)OC(=O)NCCCCC[C@H](C(=O)O)c1ncc(-c2ccccc2)n1COCc1ccccc1. The number of benzene rings is 2. The molecule has 1 atom stereocenters. The van der Waals surface area contributed by atoms with Crippen molar-refractivity contribution in [3.63, 3.8) is 0 Å². The van der Waals surface area contributed by atoms with E-state index in [1.807, 2.05) is 86.0 Å². The summed E-state index contributed by atoms with van der Waals surface area (Å²) in [5, 5.41) is 12.8. The van der Waals surface area contributed by atoms with Gasteiger partial charge in [-0.1, -0.05) is 73.5 Å². The predicted molar refractivity (Wildman–Crippen MR) is 142 cm³/mol. The molecule has 3 aromatic rings. The maximum Gasteiger partial charge on any atom is 0.407 e. The van der Waals surface area contributed by atoms with Crippen LogP contribution < -0.4 is 5.32 Å². The molecule has 0 saturated carbocycles. The van der Waals surface area contributed by atoms with Crippen LogP contribution in [0.2, 0.25) is 0 Å². The van der Waals surface area contributed by atoms with E-state index >= 15 is 0 Å². The first-order chi connectivity index (χ1) is 17.7. The molecule has 2 aromatic carbocycles. The molecule has 0 spiro atoms. The largest absolute Gasteiger partial charge is 0.481 e. The number of hydrogen-bond acceptors (Lipinski definition) is 5. The molecule has 1 aromatic heterocycles. The van der Waals surface area contributed by atoms with Gasteiger partial charge in [-0.05, 0) is 44.7 Å². The summed E-state index contributed by atoms with van der Waals surface area (Å²) in [6.07, 6.45) is 3.90. The van der Waals surface area contributed by atoms with Crippen molar-refractivity contribution in [2.45, 2.75) is 71.3 Å². The van der Waals surface area contributed by atoms with Crippen molar-refractivity contribution in [2.24, 2.45) is 0 Å². The Morgan fingerprint density at radius 2 is 1.68 bits per heavy atom. The minimum Gasteiger partial charge on any atom is -0.481 e. The number of hydrogen-bond donors (Lipinski definition) is 2. The second-order valence-electron chi connectivity index (χ2n) is 9.93. The molecular weight excluding hydrogens is 470 g/mol. The summed E-state index contributed by atoms with van der Waals surface area (Å²) >= 11 is 0. The van der Waals surface area contributed by atoms with Gasteiger partial charge in [-0.25, -0.2) is 9.78 Å². The lowest BCUT2D eigenvalue weighted by Gasteiger charge is -2.19. The van der Waals surface area contributed by atoms with Gasteiger partial charge in [0.1, 0.15) is 24.1 Å². The number of ether oxygens (including phenoxy) is 2. The zero-order valence-corrected chi connectivity index (χ0v) is 21.9. The lowest BCUT2D eigenvalue weighted by Crippen LogP contribution is -2.33. The molecule has 0 bridgehead atoms. The fourth-order valence-electron chi connectivity index (χ4n) is 3.99. The summed E-state index contributed by atoms with van der Waals surface area (Å²) in [6.45, 7) is 6.54. The first-order valence-corrected chi connectivity index (χ1v) is 12.7. The highest BCUT2D eigenvalue weighted by molar-refractivity contribution is 5.75. The number of aliphatic carboxylic acids is 1. The van der Waals surface area contributed by atoms with E-state index in [0.29, 0.717) is 31.8 Å². The molecule has 3 rings (SSSR count). The third-order valence-electron chi connectivity index (χ3n) is 5.74. The van der Waals surface area contributed by atoms with E-state index in [4.69, 9.17) is 9.47 Å². The average molecular weight is 508 g/mol. The van der Waals surface area contributed by atoms with E-state index in [-0.39, 0.29) is 6.73 Å². The number of carbonyl (C=O) groups is 2. The molecule has 0 unspecified atom stereocenters. The molecule has 0 fully saturated rings. The summed E-state index contributed by atoms with van der Waals surface area (Å²) in [7, 11) is 0. The minimum absolute atomic E-state index is 0.193. The standard InChI is InChI=1S/C29H37N3O5/c1-29(2,3)37-28(35)30-18-12-6-11-17-24(27(33)34)26-31-19-25(23-15-9-5-10-16-23)32(26)21-36-20-22-13-7-4-8-14-22/h4-5,7-10,13-16,19,24H,6,11-12,17-18,20-21H2,1-3H3,(H,30,35)(H,33,34)/t24-/m0/s1. The Labute approximate surface area is 218 Å². The second-order valence-corrected chi connectivity index (χ2v) is 9.93. The minimum atomic E-state index is -0.915. The Hall–Kier alpha value is -3.65. The van der Waals surface area contributed by atoms with Gasteiger partial charge in [0.25, 0.3) is 0 Å². The topological polar surface area (TPSA) is 103 Å². The number of unbranched alkanes of at least 4 members (excludes halogenated alkanes) is 2. The number of carboxylic acid groups (broad SMARTS) is 1. The maximum absolute atomic E-state index is 12.3. The van der Waals surface area contributed by atoms with Crippen LogP contribution in [0.3, 0.4) is 0 Å². The monoisotopic (exact) mass is 507 g/mol. The number of imidazole rings is 1. The second kappa shape index (κ2) is 13.6. The molecule has 8 nitrogen and oxygen atoms in total. The van der Waals surface area contributed by atoms with Crippen molar-refractivity contribution >= 4 is 12.1 Å². The number of carboxylic acids is 1. The van der Waals surface area contributed by atoms with Crippen molar-refractivity contribution in [3.8, 4) is 11.3 Å². The summed E-state index contributed by atoms with van der Waals surface area (Å²) in [5.74, 6) is -1.20. The van der Waals surface area contributed by atoms with Gasteiger partial charge < -0.3 is 24.5 Å². The van der Waals surface area contributed by atoms with Crippen molar-refractivity contribution in [1.29, 1.82) is 0 Å². The fraction of sp³-hybridized carbons (Fsp3) is 0.414. The molecule has 0 aliphatic heterocycles. The van der Waals surface area contributed by atoms with Crippen molar-refractivity contribution < 1.29 is 24.2 Å². The zero-order valence-electron chi connectivity index (χ0n) is 21.9. The summed E-state index contributed by atoms with van der Waals surface area (Å²) in [6, 6.07) is 19.6. The molecule has 1 amide bonds. The van der Waals surface area contributed by atoms with Gasteiger partial charge in [0, 0.05) is 6.54 Å². The normalized spacial score (nSPS) is 12.2. The Kier molecular flexibility index (Phi) is 10.3. The summed E-state index contributed by atoms with van der Waals surface area (Å²) in [4.78, 5) is 28.6. The summed E-state index contributed by atoms with van der Waals surface area (Å²) < 4.78 is 13.1. The van der Waals surface area contributed by atoms with E-state index in [2.05, 4.69) is 10.3 Å². The van der Waals surface area contributed by atoms with Crippen molar-refractivity contribution in [2.75, 3.05) is 6.54 Å². The van der Waals surface area contributed by atoms with Gasteiger partial charge in [-0.15, -0.1) is 0 Å². The third-order valence-corrected chi connectivity index (χ3v) is 5.74. The van der Waals surface area contributed by atoms with Gasteiger partial charge in [-0.3, -0.25) is 4.79 Å². The number of carbonyl (C=O) groups excluding carboxylic acids is 1. The van der Waals surface area contributed by atoms with E-state index in [9.17, 15) is 14.7 Å². The van der Waals surface area contributed by atoms with Crippen LogP contribution in [0.25, 0.3) is 11.3 Å². The Morgan fingerprint density at radius 3 is 2.32 bits per heavy atom. The fourth-order valence-corrected chi connectivity index (χ4v) is 3.99. The van der Waals surface area contributed by atoms with Crippen LogP contribution in [0.1, 0.15) is 63.8 Å². The van der Waals surface area contributed by atoms with Gasteiger partial charge in [0.2, 0.25) is 0 Å². The van der Waals surface area contributed by atoms with Gasteiger partial charge in [0.05, 0.1) is 18.5 Å². The lowest BCUT2D eigenvalue weighted by molar-refractivity contribution is -0.139. The predicted octanol–water partition coefficient (Wildman–Crippen LogP) is 5.98. The number of rotatable bonds is 13.